The number of aromatic nitrogens is 4. The van der Waals surface area contributed by atoms with Gasteiger partial charge in [-0.05, 0) is 33.9 Å². The van der Waals surface area contributed by atoms with Gasteiger partial charge in [0, 0.05) is 5.69 Å². The summed E-state index contributed by atoms with van der Waals surface area (Å²) in [5.74, 6) is 0.0301. The monoisotopic (exact) mass is 374 g/mol. The second kappa shape index (κ2) is 6.96. The highest BCUT2D eigenvalue weighted by atomic mass is 32.1. The van der Waals surface area contributed by atoms with E-state index < -0.39 is 15.1 Å². The van der Waals surface area contributed by atoms with Crippen molar-refractivity contribution in [3.05, 3.63) is 74.6 Å². The number of nitrogens with zero attached hydrogens (tertiary/aromatic N) is 6. The van der Waals surface area contributed by atoms with E-state index in [0.717, 1.165) is 6.20 Å². The maximum atomic E-state index is 11.2. The van der Waals surface area contributed by atoms with E-state index in [-0.39, 0.29) is 17.5 Å². The molecule has 134 valence electrons. The summed E-state index contributed by atoms with van der Waals surface area (Å²) in [4.78, 5) is 29.3. The molecular weight excluding hydrogens is 360 g/mol. The van der Waals surface area contributed by atoms with Crippen LogP contribution in [-0.4, -0.2) is 28.9 Å². The van der Waals surface area contributed by atoms with Gasteiger partial charge in [0.15, 0.2) is 5.25 Å². The third-order valence-electron chi connectivity index (χ3n) is 3.80. The van der Waals surface area contributed by atoms with Crippen LogP contribution in [0.5, 0.6) is 0 Å². The van der Waals surface area contributed by atoms with Gasteiger partial charge in [0.2, 0.25) is 5.82 Å². The lowest BCUT2D eigenvalue weighted by Gasteiger charge is -2.09. The van der Waals surface area contributed by atoms with Crippen molar-refractivity contribution < 1.29 is 9.85 Å². The molecule has 0 saturated heterocycles. The minimum Gasteiger partial charge on any atom is -0.358 e. The molecule has 0 N–H and O–H groups in total. The van der Waals surface area contributed by atoms with Gasteiger partial charge < -0.3 is 20.2 Å². The summed E-state index contributed by atoms with van der Waals surface area (Å²) in [5.41, 5.74) is 0.659. The van der Waals surface area contributed by atoms with Gasteiger partial charge in [-0.2, -0.15) is 12.6 Å². The quantitative estimate of drug-likeness (QED) is 0.402. The number of hydrogen-bond acceptors (Lipinski definition) is 7. The Hall–Kier alpha value is -3.21. The number of nitro groups is 2. The second-order valence-corrected chi connectivity index (χ2v) is 5.81. The predicted molar refractivity (Wildman–Crippen MR) is 95.6 cm³/mol. The zero-order chi connectivity index (χ0) is 18.8. The van der Waals surface area contributed by atoms with E-state index in [0.29, 0.717) is 18.1 Å². The van der Waals surface area contributed by atoms with E-state index in [2.05, 4.69) is 22.6 Å². The van der Waals surface area contributed by atoms with Crippen molar-refractivity contribution in [3.63, 3.8) is 0 Å². The van der Waals surface area contributed by atoms with Crippen LogP contribution in [0, 0.1) is 20.2 Å². The highest BCUT2D eigenvalue weighted by Gasteiger charge is 2.33. The highest BCUT2D eigenvalue weighted by molar-refractivity contribution is 7.80. The van der Waals surface area contributed by atoms with Crippen LogP contribution in [0.2, 0.25) is 0 Å². The fourth-order valence-electron chi connectivity index (χ4n) is 2.64. The lowest BCUT2D eigenvalue weighted by Crippen LogP contribution is -2.11. The van der Waals surface area contributed by atoms with Crippen molar-refractivity contribution in [1.29, 1.82) is 0 Å². The predicted octanol–water partition coefficient (Wildman–Crippen LogP) is 2.92. The fraction of sp³-hybridized carbons (Fsp3) is 0.200. The number of para-hydroxylation sites is 1. The number of benzene rings is 1. The van der Waals surface area contributed by atoms with Crippen molar-refractivity contribution in [3.8, 4) is 5.69 Å². The van der Waals surface area contributed by atoms with Gasteiger partial charge in [0.05, 0.1) is 6.54 Å². The molecule has 1 atom stereocenters. The molecule has 0 spiro atoms. The zero-order valence-corrected chi connectivity index (χ0v) is 14.5. The van der Waals surface area contributed by atoms with Crippen LogP contribution in [0.1, 0.15) is 23.8 Å². The van der Waals surface area contributed by atoms with Gasteiger partial charge in [-0.3, -0.25) is 4.57 Å². The van der Waals surface area contributed by atoms with Crippen molar-refractivity contribution >= 4 is 24.3 Å². The maximum Gasteiger partial charge on any atom is 0.382 e. The lowest BCUT2D eigenvalue weighted by molar-refractivity contribution is -0.392. The first-order chi connectivity index (χ1) is 12.4. The third kappa shape index (κ3) is 3.04. The number of imidazole rings is 2. The Morgan fingerprint density at radius 1 is 1.15 bits per heavy atom. The molecule has 0 bridgehead atoms. The Morgan fingerprint density at radius 3 is 2.42 bits per heavy atom. The first-order valence-electron chi connectivity index (χ1n) is 7.61. The minimum absolute atomic E-state index is 0.172. The molecule has 1 aromatic carbocycles. The summed E-state index contributed by atoms with van der Waals surface area (Å²) in [7, 11) is 0. The van der Waals surface area contributed by atoms with Crippen LogP contribution in [0.4, 0.5) is 11.6 Å². The van der Waals surface area contributed by atoms with Crippen LogP contribution >= 0.6 is 12.6 Å². The smallest absolute Gasteiger partial charge is 0.358 e. The SMILES string of the molecule is CCn1c([N+](=O)[O-])cnc1C(S)c1nc([N+](=O)[O-])cn1-c1ccccc1. The molecule has 0 aliphatic heterocycles. The van der Waals surface area contributed by atoms with E-state index in [1.807, 2.05) is 6.07 Å². The summed E-state index contributed by atoms with van der Waals surface area (Å²) in [6, 6.07) is 8.93. The van der Waals surface area contributed by atoms with Gasteiger partial charge in [-0.15, -0.1) is 0 Å². The van der Waals surface area contributed by atoms with Crippen LogP contribution in [0.25, 0.3) is 5.69 Å². The molecule has 26 heavy (non-hydrogen) atoms. The van der Waals surface area contributed by atoms with Gasteiger partial charge in [0.25, 0.3) is 5.82 Å². The first-order valence-corrected chi connectivity index (χ1v) is 8.12. The Bertz CT molecular complexity index is 968. The molecule has 0 fully saturated rings. The van der Waals surface area contributed by atoms with Gasteiger partial charge in [-0.1, -0.05) is 18.2 Å². The van der Waals surface area contributed by atoms with Gasteiger partial charge in [0.1, 0.15) is 12.4 Å². The van der Waals surface area contributed by atoms with E-state index in [9.17, 15) is 20.2 Å². The number of hydrogen-bond donors (Lipinski definition) is 1. The first kappa shape index (κ1) is 17.6. The molecule has 0 radical (unpaired) electrons. The summed E-state index contributed by atoms with van der Waals surface area (Å²) in [5, 5.41) is 21.5. The summed E-state index contributed by atoms with van der Waals surface area (Å²) in [6.45, 7) is 2.04. The summed E-state index contributed by atoms with van der Waals surface area (Å²) < 4.78 is 2.93. The van der Waals surface area contributed by atoms with Crippen LogP contribution in [0.15, 0.2) is 42.7 Å². The normalized spacial score (nSPS) is 12.1. The number of thiol groups is 1. The second-order valence-electron chi connectivity index (χ2n) is 5.30. The third-order valence-corrected chi connectivity index (χ3v) is 4.26. The minimum atomic E-state index is -0.794. The Balaban J connectivity index is 2.14. The van der Waals surface area contributed by atoms with Crippen molar-refractivity contribution in [2.75, 3.05) is 0 Å². The standard InChI is InChI=1S/C15H14N6O4S/c1-2-18-12(21(24)25)8-16-14(18)13(26)15-17-11(20(22)23)9-19(15)10-6-4-3-5-7-10/h3-9,13,26H,2H2,1H3. The summed E-state index contributed by atoms with van der Waals surface area (Å²) >= 11 is 4.50. The molecule has 1 unspecified atom stereocenters. The van der Waals surface area contributed by atoms with Crippen LogP contribution in [0.3, 0.4) is 0 Å². The van der Waals surface area contributed by atoms with E-state index >= 15 is 0 Å². The molecule has 0 aliphatic carbocycles. The van der Waals surface area contributed by atoms with Crippen molar-refractivity contribution in [2.45, 2.75) is 18.7 Å². The van der Waals surface area contributed by atoms with Gasteiger partial charge >= 0.3 is 11.6 Å². The topological polar surface area (TPSA) is 122 Å². The average Bonchev–Trinajstić information content (AvgIpc) is 3.26. The lowest BCUT2D eigenvalue weighted by atomic mass is 10.3. The Labute approximate surface area is 152 Å². The molecule has 0 saturated carbocycles. The largest absolute Gasteiger partial charge is 0.382 e. The molecule has 11 heteroatoms. The molecular formula is C15H14N6O4S. The molecule has 2 heterocycles. The Morgan fingerprint density at radius 2 is 1.85 bits per heavy atom. The molecule has 0 aliphatic rings. The van der Waals surface area contributed by atoms with Crippen molar-refractivity contribution in [2.24, 2.45) is 0 Å². The van der Waals surface area contributed by atoms with Crippen LogP contribution in [-0.2, 0) is 6.54 Å². The zero-order valence-electron chi connectivity index (χ0n) is 13.6. The average molecular weight is 374 g/mol. The molecule has 0 amide bonds. The fourth-order valence-corrected chi connectivity index (χ4v) is 3.03. The van der Waals surface area contributed by atoms with Crippen molar-refractivity contribution in [1.82, 2.24) is 19.1 Å². The maximum absolute atomic E-state index is 11.2. The molecule has 3 rings (SSSR count). The van der Waals surface area contributed by atoms with Crippen LogP contribution < -0.4 is 0 Å². The Kier molecular flexibility index (Phi) is 4.71. The van der Waals surface area contributed by atoms with E-state index in [1.54, 1.807) is 31.2 Å². The molecule has 10 nitrogen and oxygen atoms in total. The van der Waals surface area contributed by atoms with E-state index in [1.165, 1.54) is 15.3 Å². The van der Waals surface area contributed by atoms with Gasteiger partial charge in [-0.25, -0.2) is 9.55 Å². The summed E-state index contributed by atoms with van der Waals surface area (Å²) in [6.07, 6.45) is 2.44. The van der Waals surface area contributed by atoms with E-state index in [4.69, 9.17) is 0 Å². The highest BCUT2D eigenvalue weighted by Crippen LogP contribution is 2.32. The molecule has 3 aromatic rings. The number of rotatable bonds is 6. The molecule has 2 aromatic heterocycles.